The van der Waals surface area contributed by atoms with Gasteiger partial charge in [-0.3, -0.25) is 9.78 Å². The molecule has 22 heavy (non-hydrogen) atoms. The van der Waals surface area contributed by atoms with Gasteiger partial charge in [-0.05, 0) is 30.9 Å². The van der Waals surface area contributed by atoms with E-state index >= 15 is 0 Å². The van der Waals surface area contributed by atoms with Crippen molar-refractivity contribution in [1.82, 2.24) is 19.4 Å². The number of aromatic nitrogens is 3. The predicted molar refractivity (Wildman–Crippen MR) is 81.3 cm³/mol. The molecule has 0 radical (unpaired) electrons. The molecular formula is C16H20N4O2. The summed E-state index contributed by atoms with van der Waals surface area (Å²) >= 11 is 0. The molecule has 0 saturated carbocycles. The molecule has 3 heterocycles. The summed E-state index contributed by atoms with van der Waals surface area (Å²) in [6, 6.07) is 3.60. The molecule has 1 amide bonds. The van der Waals surface area contributed by atoms with Crippen molar-refractivity contribution in [2.45, 2.75) is 19.4 Å². The van der Waals surface area contributed by atoms with E-state index in [1.165, 1.54) is 0 Å². The first-order chi connectivity index (χ1) is 10.8. The average Bonchev–Trinajstić information content (AvgIpc) is 3.07. The molecule has 6 nitrogen and oxygen atoms in total. The lowest BCUT2D eigenvalue weighted by Crippen LogP contribution is -2.41. The van der Waals surface area contributed by atoms with E-state index in [1.54, 1.807) is 30.7 Å². The Morgan fingerprint density at radius 3 is 2.82 bits per heavy atom. The van der Waals surface area contributed by atoms with Gasteiger partial charge in [-0.2, -0.15) is 0 Å². The van der Waals surface area contributed by atoms with Crippen LogP contribution < -0.4 is 4.74 Å². The molecule has 0 aromatic carbocycles. The number of hydrogen-bond donors (Lipinski definition) is 0. The Hall–Kier alpha value is -2.37. The molecule has 0 spiro atoms. The van der Waals surface area contributed by atoms with Crippen LogP contribution in [0, 0.1) is 5.92 Å². The number of piperidine rings is 1. The first kappa shape index (κ1) is 14.6. The number of carbonyl (C=O) groups is 1. The second-order valence-electron chi connectivity index (χ2n) is 5.56. The first-order valence-electron chi connectivity index (χ1n) is 7.57. The fourth-order valence-corrected chi connectivity index (χ4v) is 2.73. The average molecular weight is 300 g/mol. The second kappa shape index (κ2) is 7.06. The summed E-state index contributed by atoms with van der Waals surface area (Å²) < 4.78 is 7.57. The Labute approximate surface area is 129 Å². The van der Waals surface area contributed by atoms with Gasteiger partial charge in [0.05, 0.1) is 12.5 Å². The van der Waals surface area contributed by atoms with E-state index < -0.39 is 0 Å². The predicted octanol–water partition coefficient (Wildman–Crippen LogP) is 1.60. The molecule has 0 bridgehead atoms. The van der Waals surface area contributed by atoms with Crippen LogP contribution in [0.2, 0.25) is 0 Å². The van der Waals surface area contributed by atoms with Gasteiger partial charge in [0.25, 0.3) is 5.91 Å². The molecule has 1 aliphatic rings. The van der Waals surface area contributed by atoms with Crippen LogP contribution in [0.4, 0.5) is 0 Å². The van der Waals surface area contributed by atoms with Gasteiger partial charge in [0.15, 0.2) is 6.61 Å². The summed E-state index contributed by atoms with van der Waals surface area (Å²) in [4.78, 5) is 22.1. The summed E-state index contributed by atoms with van der Waals surface area (Å²) in [5.74, 6) is 1.29. The largest absolute Gasteiger partial charge is 0.482 e. The summed E-state index contributed by atoms with van der Waals surface area (Å²) in [5.41, 5.74) is 0. The van der Waals surface area contributed by atoms with Crippen LogP contribution >= 0.6 is 0 Å². The number of imidazole rings is 1. The van der Waals surface area contributed by atoms with Gasteiger partial charge in [0, 0.05) is 38.2 Å². The highest BCUT2D eigenvalue weighted by Gasteiger charge is 2.23. The zero-order valence-corrected chi connectivity index (χ0v) is 12.5. The standard InChI is InChI=1S/C16H20N4O2/c21-16(12-22-15-2-1-5-17-10-15)20-7-3-14(4-8-20)11-19-9-6-18-13-19/h1-2,5-6,9-10,13-14H,3-4,7-8,11-12H2. The van der Waals surface area contributed by atoms with E-state index in [1.807, 2.05) is 17.4 Å². The van der Waals surface area contributed by atoms with Gasteiger partial charge >= 0.3 is 0 Å². The highest BCUT2D eigenvalue weighted by Crippen LogP contribution is 2.19. The van der Waals surface area contributed by atoms with Crippen molar-refractivity contribution < 1.29 is 9.53 Å². The van der Waals surface area contributed by atoms with Crippen LogP contribution in [0.5, 0.6) is 5.75 Å². The molecule has 2 aromatic heterocycles. The molecule has 6 heteroatoms. The minimum atomic E-state index is 0.0462. The van der Waals surface area contributed by atoms with Crippen molar-refractivity contribution in [3.05, 3.63) is 43.2 Å². The summed E-state index contributed by atoms with van der Waals surface area (Å²) in [5, 5.41) is 0. The van der Waals surface area contributed by atoms with Crippen LogP contribution in [0.25, 0.3) is 0 Å². The zero-order valence-electron chi connectivity index (χ0n) is 12.5. The van der Waals surface area contributed by atoms with Crippen LogP contribution in [0.3, 0.4) is 0 Å². The van der Waals surface area contributed by atoms with Crippen LogP contribution in [-0.4, -0.2) is 45.0 Å². The van der Waals surface area contributed by atoms with Crippen LogP contribution in [0.15, 0.2) is 43.2 Å². The van der Waals surface area contributed by atoms with Gasteiger partial charge in [0.2, 0.25) is 0 Å². The lowest BCUT2D eigenvalue weighted by atomic mass is 9.97. The molecule has 1 fully saturated rings. The number of hydrogen-bond acceptors (Lipinski definition) is 4. The molecular weight excluding hydrogens is 280 g/mol. The number of ether oxygens (including phenoxy) is 1. The third kappa shape index (κ3) is 3.84. The van der Waals surface area contributed by atoms with Gasteiger partial charge in [-0.15, -0.1) is 0 Å². The van der Waals surface area contributed by atoms with Crippen molar-refractivity contribution in [2.24, 2.45) is 5.92 Å². The van der Waals surface area contributed by atoms with Gasteiger partial charge in [0.1, 0.15) is 5.75 Å². The van der Waals surface area contributed by atoms with Crippen molar-refractivity contribution in [3.63, 3.8) is 0 Å². The van der Waals surface area contributed by atoms with E-state index in [0.29, 0.717) is 11.7 Å². The van der Waals surface area contributed by atoms with Crippen molar-refractivity contribution in [3.8, 4) is 5.75 Å². The molecule has 2 aromatic rings. The van der Waals surface area contributed by atoms with Crippen molar-refractivity contribution in [2.75, 3.05) is 19.7 Å². The van der Waals surface area contributed by atoms with E-state index in [-0.39, 0.29) is 12.5 Å². The summed E-state index contributed by atoms with van der Waals surface area (Å²) in [7, 11) is 0. The van der Waals surface area contributed by atoms with Gasteiger partial charge in [-0.1, -0.05) is 0 Å². The SMILES string of the molecule is O=C(COc1cccnc1)N1CCC(Cn2ccnc2)CC1. The number of nitrogens with zero attached hydrogens (tertiary/aromatic N) is 4. The van der Waals surface area contributed by atoms with Crippen molar-refractivity contribution >= 4 is 5.91 Å². The lowest BCUT2D eigenvalue weighted by molar-refractivity contribution is -0.134. The number of rotatable bonds is 5. The monoisotopic (exact) mass is 300 g/mol. The zero-order chi connectivity index (χ0) is 15.2. The molecule has 1 aliphatic heterocycles. The number of pyridine rings is 1. The molecule has 0 atom stereocenters. The Bertz CT molecular complexity index is 577. The van der Waals surface area contributed by atoms with E-state index in [2.05, 4.69) is 14.5 Å². The summed E-state index contributed by atoms with van der Waals surface area (Å²) in [6.07, 6.45) is 11.0. The highest BCUT2D eigenvalue weighted by molar-refractivity contribution is 5.77. The normalized spacial score (nSPS) is 15.7. The highest BCUT2D eigenvalue weighted by atomic mass is 16.5. The smallest absolute Gasteiger partial charge is 0.260 e. The Balaban J connectivity index is 1.42. The third-order valence-corrected chi connectivity index (χ3v) is 3.99. The molecule has 3 rings (SSSR count). The second-order valence-corrected chi connectivity index (χ2v) is 5.56. The fraction of sp³-hybridized carbons (Fsp3) is 0.438. The minimum Gasteiger partial charge on any atom is -0.482 e. The Morgan fingerprint density at radius 2 is 2.14 bits per heavy atom. The number of amides is 1. The van der Waals surface area contributed by atoms with Crippen molar-refractivity contribution in [1.29, 1.82) is 0 Å². The van der Waals surface area contributed by atoms with Crippen LogP contribution in [0.1, 0.15) is 12.8 Å². The number of likely N-dealkylation sites (tertiary alicyclic amines) is 1. The molecule has 116 valence electrons. The fourth-order valence-electron chi connectivity index (χ4n) is 2.73. The van der Waals surface area contributed by atoms with Crippen LogP contribution in [-0.2, 0) is 11.3 Å². The van der Waals surface area contributed by atoms with E-state index in [9.17, 15) is 4.79 Å². The number of carbonyl (C=O) groups excluding carboxylic acids is 1. The molecule has 0 N–H and O–H groups in total. The van der Waals surface area contributed by atoms with Gasteiger partial charge < -0.3 is 14.2 Å². The quantitative estimate of drug-likeness (QED) is 0.841. The lowest BCUT2D eigenvalue weighted by Gasteiger charge is -2.32. The minimum absolute atomic E-state index is 0.0462. The first-order valence-corrected chi connectivity index (χ1v) is 7.57. The molecule has 0 aliphatic carbocycles. The third-order valence-electron chi connectivity index (χ3n) is 3.99. The molecule has 0 unspecified atom stereocenters. The summed E-state index contributed by atoms with van der Waals surface area (Å²) in [6.45, 7) is 2.66. The molecule has 1 saturated heterocycles. The van der Waals surface area contributed by atoms with E-state index in [4.69, 9.17) is 4.74 Å². The Morgan fingerprint density at radius 1 is 1.27 bits per heavy atom. The maximum absolute atomic E-state index is 12.2. The van der Waals surface area contributed by atoms with E-state index in [0.717, 1.165) is 32.5 Å². The van der Waals surface area contributed by atoms with Gasteiger partial charge in [-0.25, -0.2) is 4.98 Å². The maximum atomic E-state index is 12.2. The Kier molecular flexibility index (Phi) is 4.68. The maximum Gasteiger partial charge on any atom is 0.260 e. The topological polar surface area (TPSA) is 60.2 Å².